The summed E-state index contributed by atoms with van der Waals surface area (Å²) in [6.07, 6.45) is 5.24. The Kier molecular flexibility index (Phi) is 5.05. The van der Waals surface area contributed by atoms with Crippen molar-refractivity contribution in [2.24, 2.45) is 5.73 Å². The number of rotatable bonds is 8. The first-order chi connectivity index (χ1) is 11.3. The van der Waals surface area contributed by atoms with E-state index in [9.17, 15) is 5.11 Å². The molecule has 1 aromatic carbocycles. The van der Waals surface area contributed by atoms with Gasteiger partial charge in [0, 0.05) is 24.0 Å². The number of hydrogen-bond acceptors (Lipinski definition) is 6. The molecule has 0 unspecified atom stereocenters. The van der Waals surface area contributed by atoms with Crippen molar-refractivity contribution in [3.05, 3.63) is 41.6 Å². The number of anilines is 3. The number of nitrogens with one attached hydrogen (secondary N) is 2. The van der Waals surface area contributed by atoms with Crippen LogP contribution in [0.3, 0.4) is 0 Å². The zero-order valence-corrected chi connectivity index (χ0v) is 13.1. The van der Waals surface area contributed by atoms with Gasteiger partial charge in [0.2, 0.25) is 5.95 Å². The third kappa shape index (κ3) is 4.18. The smallest absolute Gasteiger partial charge is 0.229 e. The van der Waals surface area contributed by atoms with Gasteiger partial charge in [-0.05, 0) is 49.4 Å². The Morgan fingerprint density at radius 2 is 2.17 bits per heavy atom. The Balaban J connectivity index is 1.77. The van der Waals surface area contributed by atoms with Gasteiger partial charge in [-0.2, -0.15) is 4.98 Å². The fraction of sp³-hybridized carbons (Fsp3) is 0.412. The predicted octanol–water partition coefficient (Wildman–Crippen LogP) is 2.35. The van der Waals surface area contributed by atoms with E-state index < -0.39 is 0 Å². The summed E-state index contributed by atoms with van der Waals surface area (Å²) in [6.45, 7) is 1.49. The summed E-state index contributed by atoms with van der Waals surface area (Å²) in [7, 11) is 0. The van der Waals surface area contributed by atoms with Crippen molar-refractivity contribution in [3.63, 3.8) is 0 Å². The summed E-state index contributed by atoms with van der Waals surface area (Å²) in [6, 6.07) is 7.59. The molecule has 1 aliphatic rings. The lowest BCUT2D eigenvalue weighted by molar-refractivity contribution is 0.282. The van der Waals surface area contributed by atoms with E-state index in [1.54, 1.807) is 0 Å². The maximum atomic E-state index is 9.22. The first kappa shape index (κ1) is 15.7. The Bertz CT molecular complexity index is 657. The summed E-state index contributed by atoms with van der Waals surface area (Å²) < 4.78 is 0. The number of hydrogen-bond donors (Lipinski definition) is 4. The van der Waals surface area contributed by atoms with Crippen LogP contribution in [0.4, 0.5) is 17.5 Å². The highest BCUT2D eigenvalue weighted by Crippen LogP contribution is 2.42. The van der Waals surface area contributed by atoms with Crippen LogP contribution < -0.4 is 16.4 Å². The molecule has 1 saturated carbocycles. The van der Waals surface area contributed by atoms with Gasteiger partial charge in [-0.15, -0.1) is 0 Å². The zero-order valence-electron chi connectivity index (χ0n) is 13.1. The summed E-state index contributed by atoms with van der Waals surface area (Å²) in [5, 5.41) is 15.8. The van der Waals surface area contributed by atoms with E-state index in [0.717, 1.165) is 30.0 Å². The molecule has 0 atom stereocenters. The highest BCUT2D eigenvalue weighted by Gasteiger charge is 2.27. The topological polar surface area (TPSA) is 96.1 Å². The lowest BCUT2D eigenvalue weighted by Crippen LogP contribution is -2.12. The van der Waals surface area contributed by atoms with Crippen LogP contribution in [0.1, 0.15) is 36.3 Å². The second kappa shape index (κ2) is 7.39. The van der Waals surface area contributed by atoms with Crippen molar-refractivity contribution in [2.45, 2.75) is 31.8 Å². The molecule has 1 fully saturated rings. The molecule has 3 rings (SSSR count). The largest absolute Gasteiger partial charge is 0.392 e. The highest BCUT2D eigenvalue weighted by atomic mass is 16.3. The molecule has 0 spiro atoms. The lowest BCUT2D eigenvalue weighted by atomic mass is 10.2. The van der Waals surface area contributed by atoms with Crippen LogP contribution in [0.5, 0.6) is 0 Å². The van der Waals surface area contributed by atoms with Crippen LogP contribution in [0.2, 0.25) is 0 Å². The minimum Gasteiger partial charge on any atom is -0.392 e. The third-order valence-corrected chi connectivity index (χ3v) is 3.87. The Labute approximate surface area is 136 Å². The molecule has 0 radical (unpaired) electrons. The molecule has 1 heterocycles. The minimum atomic E-state index is 0.0168. The number of aromatic nitrogens is 2. The maximum Gasteiger partial charge on any atom is 0.229 e. The molecule has 5 N–H and O–H groups in total. The Morgan fingerprint density at radius 1 is 1.30 bits per heavy atom. The van der Waals surface area contributed by atoms with Gasteiger partial charge in [-0.25, -0.2) is 4.98 Å². The first-order valence-electron chi connectivity index (χ1n) is 8.08. The van der Waals surface area contributed by atoms with Crippen LogP contribution in [0.15, 0.2) is 30.5 Å². The molecule has 122 valence electrons. The second-order valence-corrected chi connectivity index (χ2v) is 5.82. The highest BCUT2D eigenvalue weighted by molar-refractivity contribution is 5.57. The normalized spacial score (nSPS) is 13.8. The number of benzene rings is 1. The van der Waals surface area contributed by atoms with Crippen LogP contribution in [-0.4, -0.2) is 28.2 Å². The van der Waals surface area contributed by atoms with E-state index in [1.807, 2.05) is 30.5 Å². The molecule has 6 heteroatoms. The standard InChI is InChI=1S/C17H23N5O/c18-7-2-8-19-16-15(13-5-6-13)10-20-17(22-16)21-14-4-1-3-12(9-14)11-23/h1,3-4,9-10,13,23H,2,5-8,11,18H2,(H2,19,20,21,22). The van der Waals surface area contributed by atoms with E-state index in [2.05, 4.69) is 20.6 Å². The Hall–Kier alpha value is -2.18. The molecule has 1 aliphatic carbocycles. The van der Waals surface area contributed by atoms with E-state index in [0.29, 0.717) is 18.4 Å². The molecule has 6 nitrogen and oxygen atoms in total. The summed E-state index contributed by atoms with van der Waals surface area (Å²) >= 11 is 0. The monoisotopic (exact) mass is 313 g/mol. The predicted molar refractivity (Wildman–Crippen MR) is 91.8 cm³/mol. The molecule has 1 aromatic heterocycles. The van der Waals surface area contributed by atoms with Gasteiger partial charge < -0.3 is 21.5 Å². The van der Waals surface area contributed by atoms with Crippen LogP contribution >= 0.6 is 0 Å². The molecular weight excluding hydrogens is 290 g/mol. The second-order valence-electron chi connectivity index (χ2n) is 5.82. The molecule has 0 aliphatic heterocycles. The molecule has 0 amide bonds. The van der Waals surface area contributed by atoms with Gasteiger partial charge in [0.25, 0.3) is 0 Å². The molecule has 23 heavy (non-hydrogen) atoms. The number of aliphatic hydroxyl groups excluding tert-OH is 1. The van der Waals surface area contributed by atoms with Crippen LogP contribution in [0.25, 0.3) is 0 Å². The van der Waals surface area contributed by atoms with Crippen molar-refractivity contribution in [3.8, 4) is 0 Å². The Morgan fingerprint density at radius 3 is 2.91 bits per heavy atom. The van der Waals surface area contributed by atoms with Gasteiger partial charge in [-0.3, -0.25) is 0 Å². The minimum absolute atomic E-state index is 0.0168. The van der Waals surface area contributed by atoms with Gasteiger partial charge in [-0.1, -0.05) is 12.1 Å². The molecule has 0 saturated heterocycles. The van der Waals surface area contributed by atoms with Gasteiger partial charge in [0.15, 0.2) is 0 Å². The fourth-order valence-corrected chi connectivity index (χ4v) is 2.47. The average Bonchev–Trinajstić information content (AvgIpc) is 3.40. The van der Waals surface area contributed by atoms with E-state index in [1.165, 1.54) is 18.4 Å². The number of aliphatic hydroxyl groups is 1. The van der Waals surface area contributed by atoms with E-state index in [-0.39, 0.29) is 6.61 Å². The van der Waals surface area contributed by atoms with Crippen molar-refractivity contribution < 1.29 is 5.11 Å². The summed E-state index contributed by atoms with van der Waals surface area (Å²) in [5.41, 5.74) is 8.47. The molecule has 2 aromatic rings. The van der Waals surface area contributed by atoms with Crippen molar-refractivity contribution in [1.29, 1.82) is 0 Å². The van der Waals surface area contributed by atoms with Gasteiger partial charge >= 0.3 is 0 Å². The third-order valence-electron chi connectivity index (χ3n) is 3.87. The lowest BCUT2D eigenvalue weighted by Gasteiger charge is -2.12. The van der Waals surface area contributed by atoms with Crippen LogP contribution in [0, 0.1) is 0 Å². The molecular formula is C17H23N5O. The molecule has 0 bridgehead atoms. The van der Waals surface area contributed by atoms with Crippen LogP contribution in [-0.2, 0) is 6.61 Å². The van der Waals surface area contributed by atoms with Crippen molar-refractivity contribution in [2.75, 3.05) is 23.7 Å². The first-order valence-corrected chi connectivity index (χ1v) is 8.08. The zero-order chi connectivity index (χ0) is 16.1. The number of nitrogens with zero attached hydrogens (tertiary/aromatic N) is 2. The van der Waals surface area contributed by atoms with E-state index in [4.69, 9.17) is 5.73 Å². The van der Waals surface area contributed by atoms with Gasteiger partial charge in [0.05, 0.1) is 6.61 Å². The van der Waals surface area contributed by atoms with Crippen molar-refractivity contribution in [1.82, 2.24) is 9.97 Å². The summed E-state index contributed by atoms with van der Waals surface area (Å²) in [5.74, 6) is 2.04. The van der Waals surface area contributed by atoms with Crippen molar-refractivity contribution >= 4 is 17.5 Å². The van der Waals surface area contributed by atoms with E-state index >= 15 is 0 Å². The SMILES string of the molecule is NCCCNc1nc(Nc2cccc(CO)c2)ncc1C1CC1. The fourth-order valence-electron chi connectivity index (χ4n) is 2.47. The maximum absolute atomic E-state index is 9.22. The average molecular weight is 313 g/mol. The summed E-state index contributed by atoms with van der Waals surface area (Å²) in [4.78, 5) is 9.05. The number of nitrogens with two attached hydrogens (primary N) is 1. The van der Waals surface area contributed by atoms with Gasteiger partial charge in [0.1, 0.15) is 5.82 Å². The quantitative estimate of drug-likeness (QED) is 0.559.